The minimum absolute atomic E-state index is 0.142. The molecule has 1 heterocycles. The van der Waals surface area contributed by atoms with E-state index in [0.717, 1.165) is 12.0 Å². The fourth-order valence-corrected chi connectivity index (χ4v) is 4.44. The van der Waals surface area contributed by atoms with Gasteiger partial charge in [0, 0.05) is 24.3 Å². The molecule has 0 aliphatic carbocycles. The van der Waals surface area contributed by atoms with E-state index in [4.69, 9.17) is 0 Å². The van der Waals surface area contributed by atoms with Gasteiger partial charge in [0.15, 0.2) is 0 Å². The number of nitrogens with zero attached hydrogens (tertiary/aromatic N) is 1. The van der Waals surface area contributed by atoms with Crippen LogP contribution in [0.25, 0.3) is 0 Å². The van der Waals surface area contributed by atoms with E-state index >= 15 is 0 Å². The first-order valence-corrected chi connectivity index (χ1v) is 11.2. The van der Waals surface area contributed by atoms with Crippen LogP contribution in [-0.2, 0) is 14.8 Å². The van der Waals surface area contributed by atoms with Gasteiger partial charge in [0.2, 0.25) is 5.91 Å². The maximum atomic E-state index is 13.0. The van der Waals surface area contributed by atoms with Crippen LogP contribution in [0.15, 0.2) is 66.1 Å². The molecule has 1 saturated heterocycles. The van der Waals surface area contributed by atoms with Crippen molar-refractivity contribution in [3.63, 3.8) is 0 Å². The number of carbonyl (C=O) groups is 2. The predicted octanol–water partition coefficient (Wildman–Crippen LogP) is 2.70. The fraction of sp³-hybridized carbons (Fsp3) is 0.273. The maximum Gasteiger partial charge on any atom is 0.261 e. The van der Waals surface area contributed by atoms with E-state index < -0.39 is 16.1 Å². The van der Waals surface area contributed by atoms with Gasteiger partial charge in [0.25, 0.3) is 15.9 Å². The van der Waals surface area contributed by atoms with Gasteiger partial charge in [-0.15, -0.1) is 6.58 Å². The number of rotatable bonds is 7. The number of hydrogen-bond acceptors (Lipinski definition) is 4. The Balaban J connectivity index is 1.77. The Morgan fingerprint density at radius 2 is 1.93 bits per heavy atom. The van der Waals surface area contributed by atoms with E-state index in [-0.39, 0.29) is 22.4 Å². The van der Waals surface area contributed by atoms with Crippen molar-refractivity contribution >= 4 is 27.5 Å². The van der Waals surface area contributed by atoms with Crippen molar-refractivity contribution in [3.05, 3.63) is 72.3 Å². The van der Waals surface area contributed by atoms with Gasteiger partial charge in [-0.25, -0.2) is 8.42 Å². The summed E-state index contributed by atoms with van der Waals surface area (Å²) in [5.74, 6) is -0.514. The standard InChI is InChI=1S/C22H25N3O4S/c1-3-13-23-21(26)20-8-5-14-25(20)22(27)17-6-4-7-18(15-17)24-30(28,29)19-11-9-16(2)10-12-19/h3-4,6-7,9-12,15,20,24H,1,5,8,13-14H2,2H3,(H,23,26). The zero-order chi connectivity index (χ0) is 21.7. The van der Waals surface area contributed by atoms with E-state index in [1.54, 1.807) is 36.4 Å². The topological polar surface area (TPSA) is 95.6 Å². The smallest absolute Gasteiger partial charge is 0.261 e. The molecule has 0 radical (unpaired) electrons. The summed E-state index contributed by atoms with van der Waals surface area (Å²) in [7, 11) is -3.77. The molecule has 1 fully saturated rings. The Morgan fingerprint density at radius 3 is 2.63 bits per heavy atom. The van der Waals surface area contributed by atoms with Crippen molar-refractivity contribution in [2.24, 2.45) is 0 Å². The van der Waals surface area contributed by atoms with Gasteiger partial charge in [-0.3, -0.25) is 14.3 Å². The summed E-state index contributed by atoms with van der Waals surface area (Å²) >= 11 is 0. The lowest BCUT2D eigenvalue weighted by atomic mass is 10.1. The number of hydrogen-bond donors (Lipinski definition) is 2. The van der Waals surface area contributed by atoms with Crippen LogP contribution in [0.1, 0.15) is 28.8 Å². The van der Waals surface area contributed by atoms with Crippen molar-refractivity contribution in [2.45, 2.75) is 30.7 Å². The van der Waals surface area contributed by atoms with Gasteiger partial charge < -0.3 is 10.2 Å². The van der Waals surface area contributed by atoms with E-state index in [1.807, 2.05) is 6.92 Å². The fourth-order valence-electron chi connectivity index (χ4n) is 3.39. The molecule has 0 bridgehead atoms. The molecule has 1 atom stereocenters. The maximum absolute atomic E-state index is 13.0. The number of likely N-dealkylation sites (tertiary alicyclic amines) is 1. The second-order valence-corrected chi connectivity index (χ2v) is 8.87. The molecule has 0 spiro atoms. The average molecular weight is 428 g/mol. The number of aryl methyl sites for hydroxylation is 1. The second kappa shape index (κ2) is 9.13. The predicted molar refractivity (Wildman–Crippen MR) is 116 cm³/mol. The molecule has 158 valence electrons. The van der Waals surface area contributed by atoms with Crippen LogP contribution in [0.5, 0.6) is 0 Å². The normalized spacial score (nSPS) is 16.2. The lowest BCUT2D eigenvalue weighted by Gasteiger charge is -2.24. The first-order valence-electron chi connectivity index (χ1n) is 9.71. The number of sulfonamides is 1. The molecule has 2 aromatic rings. The first kappa shape index (κ1) is 21.6. The minimum atomic E-state index is -3.77. The van der Waals surface area contributed by atoms with Crippen LogP contribution in [0.2, 0.25) is 0 Å². The zero-order valence-electron chi connectivity index (χ0n) is 16.8. The highest BCUT2D eigenvalue weighted by Crippen LogP contribution is 2.23. The quantitative estimate of drug-likeness (QED) is 0.664. The Kier molecular flexibility index (Phi) is 6.56. The third kappa shape index (κ3) is 4.88. The summed E-state index contributed by atoms with van der Waals surface area (Å²) in [6.07, 6.45) is 2.91. The molecule has 0 saturated carbocycles. The third-order valence-corrected chi connectivity index (χ3v) is 6.33. The first-order chi connectivity index (χ1) is 14.3. The lowest BCUT2D eigenvalue weighted by molar-refractivity contribution is -0.124. The molecule has 2 N–H and O–H groups in total. The summed E-state index contributed by atoms with van der Waals surface area (Å²) < 4.78 is 27.8. The number of carbonyl (C=O) groups excluding carboxylic acids is 2. The largest absolute Gasteiger partial charge is 0.351 e. The highest BCUT2D eigenvalue weighted by molar-refractivity contribution is 7.92. The van der Waals surface area contributed by atoms with Crippen LogP contribution in [0.3, 0.4) is 0 Å². The molecule has 8 heteroatoms. The Labute approximate surface area is 176 Å². The Morgan fingerprint density at radius 1 is 1.20 bits per heavy atom. The summed E-state index contributed by atoms with van der Waals surface area (Å²) in [6, 6.07) is 12.3. The summed E-state index contributed by atoms with van der Waals surface area (Å²) in [5, 5.41) is 2.73. The third-order valence-electron chi connectivity index (χ3n) is 4.93. The van der Waals surface area contributed by atoms with E-state index in [0.29, 0.717) is 25.1 Å². The van der Waals surface area contributed by atoms with Crippen LogP contribution in [0, 0.1) is 6.92 Å². The van der Waals surface area contributed by atoms with Crippen molar-refractivity contribution in [1.82, 2.24) is 10.2 Å². The van der Waals surface area contributed by atoms with Crippen LogP contribution >= 0.6 is 0 Å². The second-order valence-electron chi connectivity index (χ2n) is 7.19. The molecule has 0 aromatic heterocycles. The van der Waals surface area contributed by atoms with Crippen LogP contribution in [0.4, 0.5) is 5.69 Å². The van der Waals surface area contributed by atoms with Crippen molar-refractivity contribution in [1.29, 1.82) is 0 Å². The van der Waals surface area contributed by atoms with Crippen molar-refractivity contribution in [2.75, 3.05) is 17.8 Å². The van der Waals surface area contributed by atoms with Gasteiger partial charge in [-0.05, 0) is 50.1 Å². The van der Waals surface area contributed by atoms with E-state index in [9.17, 15) is 18.0 Å². The number of nitrogens with one attached hydrogen (secondary N) is 2. The SMILES string of the molecule is C=CCNC(=O)C1CCCN1C(=O)c1cccc(NS(=O)(=O)c2ccc(C)cc2)c1. The van der Waals surface area contributed by atoms with E-state index in [1.165, 1.54) is 23.1 Å². The highest BCUT2D eigenvalue weighted by Gasteiger charge is 2.34. The number of anilines is 1. The van der Waals surface area contributed by atoms with Gasteiger partial charge in [-0.1, -0.05) is 29.8 Å². The molecule has 7 nitrogen and oxygen atoms in total. The van der Waals surface area contributed by atoms with E-state index in [2.05, 4.69) is 16.6 Å². The molecule has 1 aliphatic rings. The zero-order valence-corrected chi connectivity index (χ0v) is 17.6. The molecule has 1 unspecified atom stereocenters. The number of benzene rings is 2. The molecule has 30 heavy (non-hydrogen) atoms. The lowest BCUT2D eigenvalue weighted by Crippen LogP contribution is -2.46. The monoisotopic (exact) mass is 427 g/mol. The molecule has 2 aromatic carbocycles. The molecule has 3 rings (SSSR count). The molecule has 2 amide bonds. The Hall–Kier alpha value is -3.13. The summed E-state index contributed by atoms with van der Waals surface area (Å²) in [4.78, 5) is 27.0. The summed E-state index contributed by atoms with van der Waals surface area (Å²) in [5.41, 5.74) is 1.56. The van der Waals surface area contributed by atoms with Gasteiger partial charge in [0.05, 0.1) is 4.90 Å². The van der Waals surface area contributed by atoms with Crippen molar-refractivity contribution < 1.29 is 18.0 Å². The van der Waals surface area contributed by atoms with Gasteiger partial charge in [0.1, 0.15) is 6.04 Å². The van der Waals surface area contributed by atoms with Gasteiger partial charge >= 0.3 is 0 Å². The molecular formula is C22H25N3O4S. The Bertz CT molecular complexity index is 1050. The molecule has 1 aliphatic heterocycles. The average Bonchev–Trinajstić information content (AvgIpc) is 3.21. The van der Waals surface area contributed by atoms with Crippen LogP contribution < -0.4 is 10.0 Å². The van der Waals surface area contributed by atoms with Crippen LogP contribution in [-0.4, -0.2) is 44.3 Å². The summed E-state index contributed by atoms with van der Waals surface area (Å²) in [6.45, 7) is 6.27. The highest BCUT2D eigenvalue weighted by atomic mass is 32.2. The number of amides is 2. The minimum Gasteiger partial charge on any atom is -0.351 e. The molecular weight excluding hydrogens is 402 g/mol. The van der Waals surface area contributed by atoms with Gasteiger partial charge in [-0.2, -0.15) is 0 Å². The van der Waals surface area contributed by atoms with Crippen molar-refractivity contribution in [3.8, 4) is 0 Å².